The molecule has 0 bridgehead atoms. The Bertz CT molecular complexity index is 1140. The normalized spacial score (nSPS) is 18.6. The maximum Gasteiger partial charge on any atom is 0.322 e. The topological polar surface area (TPSA) is 108 Å². The van der Waals surface area contributed by atoms with Gasteiger partial charge in [-0.15, -0.1) is 0 Å². The van der Waals surface area contributed by atoms with Crippen LogP contribution in [0.4, 0.5) is 10.5 Å². The molecule has 140 valence electrons. The van der Waals surface area contributed by atoms with E-state index in [0.29, 0.717) is 11.3 Å². The summed E-state index contributed by atoms with van der Waals surface area (Å²) in [5, 5.41) is 19.4. The van der Waals surface area contributed by atoms with Crippen LogP contribution in [0.25, 0.3) is 10.8 Å². The van der Waals surface area contributed by atoms with Crippen LogP contribution in [0.1, 0.15) is 22.8 Å². The predicted molar refractivity (Wildman–Crippen MR) is 104 cm³/mol. The highest BCUT2D eigenvalue weighted by atomic mass is 16.3. The molecular weight excluding hydrogens is 358 g/mol. The van der Waals surface area contributed by atoms with E-state index in [4.69, 9.17) is 0 Å². The molecule has 0 saturated carbocycles. The first-order valence-corrected chi connectivity index (χ1v) is 8.64. The fourth-order valence-electron chi connectivity index (χ4n) is 3.26. The van der Waals surface area contributed by atoms with Crippen molar-refractivity contribution in [3.05, 3.63) is 71.8 Å². The Balaban J connectivity index is 1.63. The van der Waals surface area contributed by atoms with Crippen molar-refractivity contribution in [3.8, 4) is 5.75 Å². The van der Waals surface area contributed by atoms with Crippen molar-refractivity contribution < 1.29 is 19.5 Å². The van der Waals surface area contributed by atoms with Crippen molar-refractivity contribution in [1.29, 1.82) is 0 Å². The number of rotatable bonds is 3. The molecule has 3 aromatic carbocycles. The summed E-state index contributed by atoms with van der Waals surface area (Å²) < 4.78 is 0. The second-order valence-electron chi connectivity index (χ2n) is 6.78. The lowest BCUT2D eigenvalue weighted by Crippen LogP contribution is -2.40. The molecule has 0 spiro atoms. The molecule has 1 atom stereocenters. The fourth-order valence-corrected chi connectivity index (χ4v) is 3.26. The van der Waals surface area contributed by atoms with Gasteiger partial charge in [-0.2, -0.15) is 0 Å². The van der Waals surface area contributed by atoms with Crippen molar-refractivity contribution >= 4 is 34.3 Å². The molecule has 3 aromatic rings. The Morgan fingerprint density at radius 2 is 1.71 bits per heavy atom. The standard InChI is InChI=1S/C21H17N3O4/c1-21(19(27)23-20(28)24-21)14-7-4-8-15(11-14)22-18(26)16-9-12-5-2-3-6-13(12)10-17(16)25/h2-11,25H,1H3,(H,22,26)(H2,23,24,27,28). The molecule has 7 heteroatoms. The third-order valence-corrected chi connectivity index (χ3v) is 4.85. The minimum atomic E-state index is -1.22. The summed E-state index contributed by atoms with van der Waals surface area (Å²) in [5.74, 6) is -1.07. The van der Waals surface area contributed by atoms with Gasteiger partial charge in [-0.3, -0.25) is 14.9 Å². The second kappa shape index (κ2) is 6.38. The van der Waals surface area contributed by atoms with Gasteiger partial charge in [0, 0.05) is 5.69 Å². The van der Waals surface area contributed by atoms with Gasteiger partial charge >= 0.3 is 6.03 Å². The van der Waals surface area contributed by atoms with E-state index in [-0.39, 0.29) is 11.3 Å². The largest absolute Gasteiger partial charge is 0.507 e. The van der Waals surface area contributed by atoms with Crippen LogP contribution >= 0.6 is 0 Å². The van der Waals surface area contributed by atoms with Crippen molar-refractivity contribution in [3.63, 3.8) is 0 Å². The van der Waals surface area contributed by atoms with Gasteiger partial charge in [0.25, 0.3) is 11.8 Å². The Labute approximate surface area is 160 Å². The average molecular weight is 375 g/mol. The van der Waals surface area contributed by atoms with Crippen LogP contribution in [0.15, 0.2) is 60.7 Å². The third kappa shape index (κ3) is 2.92. The molecule has 0 radical (unpaired) electrons. The number of phenols is 1. The Morgan fingerprint density at radius 1 is 1.00 bits per heavy atom. The summed E-state index contributed by atoms with van der Waals surface area (Å²) in [4.78, 5) is 36.3. The van der Waals surface area contributed by atoms with Crippen LogP contribution in [0, 0.1) is 0 Å². The number of hydrogen-bond acceptors (Lipinski definition) is 4. The minimum Gasteiger partial charge on any atom is -0.507 e. The molecule has 28 heavy (non-hydrogen) atoms. The van der Waals surface area contributed by atoms with Crippen LogP contribution in [-0.2, 0) is 10.3 Å². The van der Waals surface area contributed by atoms with E-state index in [0.717, 1.165) is 10.8 Å². The zero-order valence-corrected chi connectivity index (χ0v) is 14.9. The van der Waals surface area contributed by atoms with Gasteiger partial charge in [-0.05, 0) is 47.5 Å². The lowest BCUT2D eigenvalue weighted by Gasteiger charge is -2.21. The predicted octanol–water partition coefficient (Wildman–Crippen LogP) is 2.85. The summed E-state index contributed by atoms with van der Waals surface area (Å²) in [6.45, 7) is 1.59. The first kappa shape index (κ1) is 17.5. The first-order chi connectivity index (χ1) is 13.4. The monoisotopic (exact) mass is 375 g/mol. The van der Waals surface area contributed by atoms with E-state index >= 15 is 0 Å². The SMILES string of the molecule is CC1(c2cccc(NC(=O)c3cc4ccccc4cc3O)c2)NC(=O)NC1=O. The third-order valence-electron chi connectivity index (χ3n) is 4.85. The highest BCUT2D eigenvalue weighted by molar-refractivity contribution is 6.09. The molecule has 1 fully saturated rings. The summed E-state index contributed by atoms with van der Waals surface area (Å²) in [7, 11) is 0. The highest BCUT2D eigenvalue weighted by Gasteiger charge is 2.43. The number of benzene rings is 3. The highest BCUT2D eigenvalue weighted by Crippen LogP contribution is 2.28. The van der Waals surface area contributed by atoms with E-state index in [1.54, 1.807) is 43.3 Å². The number of anilines is 1. The molecule has 4 amide bonds. The molecule has 4 rings (SSSR count). The number of urea groups is 1. The molecule has 7 nitrogen and oxygen atoms in total. The summed E-state index contributed by atoms with van der Waals surface area (Å²) >= 11 is 0. The number of carbonyl (C=O) groups excluding carboxylic acids is 3. The molecule has 0 aromatic heterocycles. The van der Waals surface area contributed by atoms with Gasteiger partial charge in [0.15, 0.2) is 0 Å². The molecule has 1 unspecified atom stereocenters. The number of imide groups is 1. The molecule has 1 aliphatic rings. The van der Waals surface area contributed by atoms with Crippen LogP contribution in [0.5, 0.6) is 5.75 Å². The molecule has 1 aliphatic heterocycles. The number of aromatic hydroxyl groups is 1. The van der Waals surface area contributed by atoms with Crippen molar-refractivity contribution in [2.75, 3.05) is 5.32 Å². The van der Waals surface area contributed by atoms with E-state index in [9.17, 15) is 19.5 Å². The van der Waals surface area contributed by atoms with Crippen LogP contribution in [-0.4, -0.2) is 23.0 Å². The minimum absolute atomic E-state index is 0.123. The summed E-state index contributed by atoms with van der Waals surface area (Å²) in [6.07, 6.45) is 0. The molecule has 1 saturated heterocycles. The van der Waals surface area contributed by atoms with Gasteiger partial charge in [-0.1, -0.05) is 36.4 Å². The number of carbonyl (C=O) groups is 3. The lowest BCUT2D eigenvalue weighted by atomic mass is 9.92. The van der Waals surface area contributed by atoms with Crippen molar-refractivity contribution in [1.82, 2.24) is 10.6 Å². The summed E-state index contributed by atoms with van der Waals surface area (Å²) in [5.41, 5.74) is -0.119. The van der Waals surface area contributed by atoms with E-state index in [1.165, 1.54) is 0 Å². The number of nitrogens with one attached hydrogen (secondary N) is 3. The smallest absolute Gasteiger partial charge is 0.322 e. The number of fused-ring (bicyclic) bond motifs is 1. The van der Waals surface area contributed by atoms with Gasteiger partial charge < -0.3 is 15.7 Å². The zero-order chi connectivity index (χ0) is 19.9. The molecular formula is C21H17N3O4. The van der Waals surface area contributed by atoms with Crippen LogP contribution in [0.3, 0.4) is 0 Å². The van der Waals surface area contributed by atoms with Gasteiger partial charge in [0.2, 0.25) is 0 Å². The molecule has 4 N–H and O–H groups in total. The molecule has 0 aliphatic carbocycles. The van der Waals surface area contributed by atoms with Crippen LogP contribution in [0.2, 0.25) is 0 Å². The number of hydrogen-bond donors (Lipinski definition) is 4. The maximum absolute atomic E-state index is 12.7. The van der Waals surface area contributed by atoms with E-state index < -0.39 is 23.4 Å². The fraction of sp³-hybridized carbons (Fsp3) is 0.0952. The Hall–Kier alpha value is -3.87. The van der Waals surface area contributed by atoms with Crippen molar-refractivity contribution in [2.45, 2.75) is 12.5 Å². The van der Waals surface area contributed by atoms with Gasteiger partial charge in [0.05, 0.1) is 5.56 Å². The zero-order valence-electron chi connectivity index (χ0n) is 14.9. The number of amides is 4. The van der Waals surface area contributed by atoms with E-state index in [1.807, 2.05) is 24.3 Å². The molecule has 1 heterocycles. The van der Waals surface area contributed by atoms with Crippen LogP contribution < -0.4 is 16.0 Å². The summed E-state index contributed by atoms with van der Waals surface area (Å²) in [6, 6.07) is 16.6. The maximum atomic E-state index is 12.7. The average Bonchev–Trinajstić information content (AvgIpc) is 2.94. The van der Waals surface area contributed by atoms with Gasteiger partial charge in [0.1, 0.15) is 11.3 Å². The Kier molecular flexibility index (Phi) is 4.00. The quantitative estimate of drug-likeness (QED) is 0.528. The lowest BCUT2D eigenvalue weighted by molar-refractivity contribution is -0.123. The second-order valence-corrected chi connectivity index (χ2v) is 6.78. The van der Waals surface area contributed by atoms with Crippen molar-refractivity contribution in [2.24, 2.45) is 0 Å². The Morgan fingerprint density at radius 3 is 2.39 bits per heavy atom. The first-order valence-electron chi connectivity index (χ1n) is 8.64. The van der Waals surface area contributed by atoms with E-state index in [2.05, 4.69) is 16.0 Å². The van der Waals surface area contributed by atoms with Gasteiger partial charge in [-0.25, -0.2) is 4.79 Å². The number of phenolic OH excluding ortho intramolecular Hbond substituents is 1.